The van der Waals surface area contributed by atoms with Gasteiger partial charge in [-0.2, -0.15) is 0 Å². The van der Waals surface area contributed by atoms with Crippen LogP contribution in [0.2, 0.25) is 0 Å². The smallest absolute Gasteiger partial charge is 0.407 e. The molecule has 2 N–H and O–H groups in total. The van der Waals surface area contributed by atoms with E-state index in [1.165, 1.54) is 0 Å². The molecule has 4 nitrogen and oxygen atoms in total. The Balaban J connectivity index is 2.06. The van der Waals surface area contributed by atoms with Gasteiger partial charge in [0, 0.05) is 18.2 Å². The van der Waals surface area contributed by atoms with Gasteiger partial charge in [-0.15, -0.1) is 0 Å². The fraction of sp³-hybridized carbons (Fsp3) is 0.467. The van der Waals surface area contributed by atoms with Crippen molar-refractivity contribution >= 4 is 29.0 Å². The minimum Gasteiger partial charge on any atom is -0.444 e. The number of ether oxygens (including phenoxy) is 1. The lowest BCUT2D eigenvalue weighted by Crippen LogP contribution is -2.41. The normalized spacial score (nSPS) is 18.6. The van der Waals surface area contributed by atoms with Crippen molar-refractivity contribution in [1.29, 1.82) is 0 Å². The summed E-state index contributed by atoms with van der Waals surface area (Å²) in [6.45, 7) is 5.55. The Hall–Kier alpha value is -1.62. The highest BCUT2D eigenvalue weighted by Crippen LogP contribution is 2.22. The van der Waals surface area contributed by atoms with Gasteiger partial charge in [0.2, 0.25) is 0 Å². The molecule has 0 spiro atoms. The van der Waals surface area contributed by atoms with Gasteiger partial charge >= 0.3 is 6.09 Å². The molecule has 0 aliphatic carbocycles. The number of carbonyl (C=O) groups is 1. The van der Waals surface area contributed by atoms with E-state index < -0.39 is 11.7 Å². The number of hydrogen-bond acceptors (Lipinski definition) is 3. The molecule has 0 saturated carbocycles. The zero-order chi connectivity index (χ0) is 14.8. The van der Waals surface area contributed by atoms with Crippen molar-refractivity contribution in [3.63, 3.8) is 0 Å². The number of benzene rings is 1. The number of anilines is 1. The topological polar surface area (TPSA) is 50.4 Å². The molecule has 0 aromatic heterocycles. The average molecular weight is 292 g/mol. The van der Waals surface area contributed by atoms with E-state index in [0.717, 1.165) is 22.7 Å². The van der Waals surface area contributed by atoms with Gasteiger partial charge in [0.05, 0.1) is 4.99 Å². The Morgan fingerprint density at radius 2 is 2.05 bits per heavy atom. The third-order valence-electron chi connectivity index (χ3n) is 2.91. The molecule has 0 radical (unpaired) electrons. The van der Waals surface area contributed by atoms with Crippen LogP contribution in [-0.2, 0) is 11.2 Å². The van der Waals surface area contributed by atoms with Gasteiger partial charge in [-0.25, -0.2) is 4.79 Å². The number of alkyl carbamates (subject to hydrolysis) is 1. The van der Waals surface area contributed by atoms with E-state index >= 15 is 0 Å². The summed E-state index contributed by atoms with van der Waals surface area (Å²) in [6, 6.07) is 7.95. The lowest BCUT2D eigenvalue weighted by Gasteiger charge is -2.23. The predicted octanol–water partition coefficient (Wildman–Crippen LogP) is 3.27. The maximum Gasteiger partial charge on any atom is 0.407 e. The number of fused-ring (bicyclic) bond motifs is 1. The van der Waals surface area contributed by atoms with E-state index in [4.69, 9.17) is 17.0 Å². The molecule has 20 heavy (non-hydrogen) atoms. The minimum absolute atomic E-state index is 0.0477. The fourth-order valence-electron chi connectivity index (χ4n) is 2.16. The number of amides is 1. The van der Waals surface area contributed by atoms with E-state index in [1.807, 2.05) is 45.0 Å². The van der Waals surface area contributed by atoms with Crippen molar-refractivity contribution in [2.45, 2.75) is 45.3 Å². The number of thiocarbonyl (C=S) groups is 1. The van der Waals surface area contributed by atoms with Crippen LogP contribution in [0, 0.1) is 0 Å². The monoisotopic (exact) mass is 292 g/mol. The van der Waals surface area contributed by atoms with Crippen molar-refractivity contribution < 1.29 is 9.53 Å². The van der Waals surface area contributed by atoms with Crippen LogP contribution in [0.3, 0.4) is 0 Å². The zero-order valence-corrected chi connectivity index (χ0v) is 12.8. The second-order valence-corrected chi connectivity index (χ2v) is 6.45. The van der Waals surface area contributed by atoms with Crippen LogP contribution in [0.15, 0.2) is 24.3 Å². The molecule has 0 bridgehead atoms. The van der Waals surface area contributed by atoms with Crippen molar-refractivity contribution in [1.82, 2.24) is 5.32 Å². The first-order valence-corrected chi connectivity index (χ1v) is 7.11. The average Bonchev–Trinajstić information content (AvgIpc) is 2.43. The van der Waals surface area contributed by atoms with Crippen molar-refractivity contribution in [3.05, 3.63) is 29.8 Å². The third kappa shape index (κ3) is 4.20. The van der Waals surface area contributed by atoms with E-state index in [0.29, 0.717) is 6.42 Å². The van der Waals surface area contributed by atoms with Crippen molar-refractivity contribution in [2.75, 3.05) is 5.32 Å². The van der Waals surface area contributed by atoms with Gasteiger partial charge < -0.3 is 15.4 Å². The highest BCUT2D eigenvalue weighted by molar-refractivity contribution is 7.80. The molecule has 2 rings (SSSR count). The Morgan fingerprint density at radius 1 is 1.35 bits per heavy atom. The van der Waals surface area contributed by atoms with Crippen LogP contribution in [0.4, 0.5) is 10.5 Å². The standard InChI is InChI=1S/C15H20N2O2S/c1-15(2,3)19-14(18)16-11-8-10-6-4-5-7-12(10)17-13(20)9-11/h4-7,11H,8-9H2,1-3H3,(H,16,18)(H,17,20). The first kappa shape index (κ1) is 14.8. The van der Waals surface area contributed by atoms with Crippen molar-refractivity contribution in [2.24, 2.45) is 0 Å². The molecule has 1 atom stereocenters. The molecular weight excluding hydrogens is 272 g/mol. The Bertz CT molecular complexity index is 523. The molecule has 5 heteroatoms. The van der Waals surface area contributed by atoms with Crippen LogP contribution >= 0.6 is 12.2 Å². The largest absolute Gasteiger partial charge is 0.444 e. The van der Waals surface area contributed by atoms with E-state index in [1.54, 1.807) is 0 Å². The predicted molar refractivity (Wildman–Crippen MR) is 84.1 cm³/mol. The van der Waals surface area contributed by atoms with Crippen LogP contribution in [0.5, 0.6) is 0 Å². The number of rotatable bonds is 1. The minimum atomic E-state index is -0.495. The van der Waals surface area contributed by atoms with Gasteiger partial charge in [-0.3, -0.25) is 0 Å². The fourth-order valence-corrected chi connectivity index (χ4v) is 2.47. The summed E-state index contributed by atoms with van der Waals surface area (Å²) in [6.07, 6.45) is 0.955. The Labute approximate surface area is 124 Å². The molecule has 108 valence electrons. The van der Waals surface area contributed by atoms with E-state index in [2.05, 4.69) is 10.6 Å². The third-order valence-corrected chi connectivity index (χ3v) is 3.18. The molecule has 1 aliphatic heterocycles. The van der Waals surface area contributed by atoms with Gasteiger partial charge in [0.15, 0.2) is 0 Å². The summed E-state index contributed by atoms with van der Waals surface area (Å²) in [5, 5.41) is 6.11. The first-order valence-electron chi connectivity index (χ1n) is 6.71. The quantitative estimate of drug-likeness (QED) is 0.780. The van der Waals surface area contributed by atoms with Crippen LogP contribution in [0.1, 0.15) is 32.8 Å². The maximum atomic E-state index is 11.9. The van der Waals surface area contributed by atoms with Gasteiger partial charge in [0.25, 0.3) is 0 Å². The molecule has 1 aromatic rings. The maximum absolute atomic E-state index is 11.9. The van der Waals surface area contributed by atoms with Crippen LogP contribution in [-0.4, -0.2) is 22.7 Å². The molecule has 0 saturated heterocycles. The molecule has 1 aliphatic rings. The van der Waals surface area contributed by atoms with Gasteiger partial charge in [-0.1, -0.05) is 30.4 Å². The highest BCUT2D eigenvalue weighted by atomic mass is 32.1. The second-order valence-electron chi connectivity index (χ2n) is 5.96. The lowest BCUT2D eigenvalue weighted by molar-refractivity contribution is 0.0506. The molecule has 1 aromatic carbocycles. The lowest BCUT2D eigenvalue weighted by atomic mass is 10.0. The summed E-state index contributed by atoms with van der Waals surface area (Å²) < 4.78 is 5.29. The highest BCUT2D eigenvalue weighted by Gasteiger charge is 2.23. The van der Waals surface area contributed by atoms with Gasteiger partial charge in [-0.05, 0) is 38.8 Å². The Morgan fingerprint density at radius 3 is 2.75 bits per heavy atom. The molecule has 1 unspecified atom stereocenters. The number of para-hydroxylation sites is 1. The van der Waals surface area contributed by atoms with Gasteiger partial charge in [0.1, 0.15) is 5.60 Å². The number of carbonyl (C=O) groups excluding carboxylic acids is 1. The second kappa shape index (κ2) is 5.79. The zero-order valence-electron chi connectivity index (χ0n) is 12.0. The van der Waals surface area contributed by atoms with Crippen LogP contribution < -0.4 is 10.6 Å². The molecule has 1 heterocycles. The van der Waals surface area contributed by atoms with E-state index in [-0.39, 0.29) is 6.04 Å². The Kier molecular flexibility index (Phi) is 4.28. The first-order chi connectivity index (χ1) is 9.33. The number of nitrogens with one attached hydrogen (secondary N) is 2. The van der Waals surface area contributed by atoms with E-state index in [9.17, 15) is 4.79 Å². The summed E-state index contributed by atoms with van der Waals surface area (Å²) in [5.74, 6) is 0. The summed E-state index contributed by atoms with van der Waals surface area (Å²) in [7, 11) is 0. The SMILES string of the molecule is CC(C)(C)OC(=O)NC1CC(=S)Nc2ccccc2C1. The summed E-state index contributed by atoms with van der Waals surface area (Å²) >= 11 is 5.30. The molecule has 0 fully saturated rings. The van der Waals surface area contributed by atoms with Crippen molar-refractivity contribution in [3.8, 4) is 0 Å². The molecule has 1 amide bonds. The molecular formula is C15H20N2O2S. The van der Waals surface area contributed by atoms with Crippen LogP contribution in [0.25, 0.3) is 0 Å². The summed E-state index contributed by atoms with van der Waals surface area (Å²) in [5.41, 5.74) is 1.67. The summed E-state index contributed by atoms with van der Waals surface area (Å²) in [4.78, 5) is 12.6. The number of hydrogen-bond donors (Lipinski definition) is 2.